The molecule has 1 saturated carbocycles. The Kier molecular flexibility index (Phi) is 4.72. The largest absolute Gasteiger partial charge is 0.438 e. The van der Waals surface area contributed by atoms with Crippen molar-refractivity contribution in [2.75, 3.05) is 12.3 Å². The number of aryl methyl sites for hydroxylation is 1. The molecular weight excluding hydrogens is 456 g/mol. The number of pyridine rings is 1. The van der Waals surface area contributed by atoms with Gasteiger partial charge in [0.1, 0.15) is 11.6 Å². The van der Waals surface area contributed by atoms with E-state index in [9.17, 15) is 18.4 Å². The molecular formula is C25H23F2N5O3. The van der Waals surface area contributed by atoms with E-state index in [2.05, 4.69) is 4.98 Å². The lowest BCUT2D eigenvalue weighted by molar-refractivity contribution is -0.129. The van der Waals surface area contributed by atoms with Gasteiger partial charge < -0.3 is 25.4 Å². The number of rotatable bonds is 4. The van der Waals surface area contributed by atoms with Crippen molar-refractivity contribution in [1.29, 1.82) is 0 Å². The first-order valence-corrected chi connectivity index (χ1v) is 11.5. The molecule has 2 aromatic heterocycles. The maximum Gasteiger partial charge on any atom is 0.281 e. The normalized spacial score (nSPS) is 18.3. The molecule has 1 saturated heterocycles. The Morgan fingerprint density at radius 1 is 1.11 bits per heavy atom. The van der Waals surface area contributed by atoms with Crippen LogP contribution in [-0.4, -0.2) is 32.9 Å². The van der Waals surface area contributed by atoms with Gasteiger partial charge in [-0.1, -0.05) is 6.07 Å². The maximum absolute atomic E-state index is 14.8. The first-order valence-electron chi connectivity index (χ1n) is 11.5. The van der Waals surface area contributed by atoms with Crippen molar-refractivity contribution < 1.29 is 18.0 Å². The minimum absolute atomic E-state index is 0.00495. The standard InChI is InChI=1S/C25H23F2N5O3/c1-11-13(15-8-17(27)19(29)9-16(15)26)4-5-14-22(11)32(12-2-3-12)25(34)21-23(14)35-20(30-21)10-31-7-6-18(28)24(31)33/h4-5,8-9,12,18H,2-3,6-7,10,28-29H2,1H3. The number of hydrogen-bond acceptors (Lipinski definition) is 6. The van der Waals surface area contributed by atoms with E-state index in [0.29, 0.717) is 40.6 Å². The molecule has 2 aliphatic rings. The Bertz CT molecular complexity index is 1600. The molecule has 4 N–H and O–H groups in total. The van der Waals surface area contributed by atoms with Crippen LogP contribution in [0.4, 0.5) is 14.5 Å². The molecule has 1 aliphatic carbocycles. The van der Waals surface area contributed by atoms with Crippen LogP contribution < -0.4 is 17.0 Å². The molecule has 2 fully saturated rings. The van der Waals surface area contributed by atoms with Crippen molar-refractivity contribution in [1.82, 2.24) is 14.5 Å². The van der Waals surface area contributed by atoms with E-state index < -0.39 is 17.7 Å². The predicted octanol–water partition coefficient (Wildman–Crippen LogP) is 3.37. The first kappa shape index (κ1) is 21.7. The Labute approximate surface area is 198 Å². The number of likely N-dealkylation sites (tertiary alicyclic amines) is 1. The Morgan fingerprint density at radius 2 is 1.89 bits per heavy atom. The quantitative estimate of drug-likeness (QED) is 0.433. The summed E-state index contributed by atoms with van der Waals surface area (Å²) in [5.41, 5.74) is 13.0. The van der Waals surface area contributed by atoms with Gasteiger partial charge in [-0.15, -0.1) is 0 Å². The fourth-order valence-corrected chi connectivity index (χ4v) is 4.99. The summed E-state index contributed by atoms with van der Waals surface area (Å²) in [6.45, 7) is 2.40. The third kappa shape index (κ3) is 3.31. The number of carbonyl (C=O) groups excluding carboxylic acids is 1. The lowest BCUT2D eigenvalue weighted by atomic mass is 9.96. The van der Waals surface area contributed by atoms with Crippen molar-refractivity contribution in [3.8, 4) is 11.1 Å². The fraction of sp³-hybridized carbons (Fsp3) is 0.320. The molecule has 180 valence electrons. The zero-order valence-corrected chi connectivity index (χ0v) is 19.0. The van der Waals surface area contributed by atoms with E-state index in [1.165, 1.54) is 0 Å². The minimum Gasteiger partial charge on any atom is -0.438 e. The SMILES string of the molecule is Cc1c(-c2cc(F)c(N)cc2F)ccc2c3oc(CN4CCC(N)C4=O)nc3c(=O)n(C3CC3)c12. The topological polar surface area (TPSA) is 120 Å². The van der Waals surface area contributed by atoms with E-state index in [1.807, 2.05) is 0 Å². The molecule has 6 rings (SSSR count). The lowest BCUT2D eigenvalue weighted by Crippen LogP contribution is -2.33. The molecule has 0 spiro atoms. The molecule has 1 atom stereocenters. The molecule has 2 aromatic carbocycles. The van der Waals surface area contributed by atoms with E-state index in [-0.39, 0.29) is 46.7 Å². The number of amides is 1. The highest BCUT2D eigenvalue weighted by molar-refractivity contribution is 6.04. The second kappa shape index (κ2) is 7.61. The number of nitrogens with zero attached hydrogens (tertiary/aromatic N) is 3. The number of nitrogen functional groups attached to an aromatic ring is 1. The lowest BCUT2D eigenvalue weighted by Gasteiger charge is -2.16. The van der Waals surface area contributed by atoms with Crippen LogP contribution in [0.1, 0.15) is 36.8 Å². The summed E-state index contributed by atoms with van der Waals surface area (Å²) in [7, 11) is 0. The summed E-state index contributed by atoms with van der Waals surface area (Å²) < 4.78 is 36.7. The van der Waals surface area contributed by atoms with E-state index in [4.69, 9.17) is 15.9 Å². The zero-order chi connectivity index (χ0) is 24.6. The van der Waals surface area contributed by atoms with Crippen LogP contribution in [0.3, 0.4) is 0 Å². The molecule has 1 unspecified atom stereocenters. The van der Waals surface area contributed by atoms with Gasteiger partial charge in [0, 0.05) is 29.6 Å². The smallest absolute Gasteiger partial charge is 0.281 e. The number of aromatic nitrogens is 2. The third-order valence-corrected chi connectivity index (χ3v) is 6.96. The predicted molar refractivity (Wildman–Crippen MR) is 127 cm³/mol. The van der Waals surface area contributed by atoms with Gasteiger partial charge >= 0.3 is 0 Å². The van der Waals surface area contributed by atoms with Gasteiger partial charge in [-0.2, -0.15) is 0 Å². The van der Waals surface area contributed by atoms with Gasteiger partial charge in [0.05, 0.1) is 23.8 Å². The number of halogens is 2. The fourth-order valence-electron chi connectivity index (χ4n) is 4.99. The van der Waals surface area contributed by atoms with Crippen LogP contribution in [0, 0.1) is 18.6 Å². The number of hydrogen-bond donors (Lipinski definition) is 2. The zero-order valence-electron chi connectivity index (χ0n) is 19.0. The highest BCUT2D eigenvalue weighted by Crippen LogP contribution is 2.41. The van der Waals surface area contributed by atoms with Gasteiger partial charge in [0.2, 0.25) is 11.8 Å². The number of anilines is 1. The van der Waals surface area contributed by atoms with Crippen molar-refractivity contribution in [3.05, 3.63) is 57.7 Å². The Morgan fingerprint density at radius 3 is 2.57 bits per heavy atom. The molecule has 1 amide bonds. The molecule has 4 aromatic rings. The molecule has 35 heavy (non-hydrogen) atoms. The van der Waals surface area contributed by atoms with Crippen LogP contribution in [0.15, 0.2) is 33.5 Å². The Balaban J connectivity index is 1.57. The molecule has 1 aliphatic heterocycles. The average Bonchev–Trinajstić information content (AvgIpc) is 3.49. The van der Waals surface area contributed by atoms with Gasteiger partial charge in [0.25, 0.3) is 5.56 Å². The van der Waals surface area contributed by atoms with E-state index in [1.54, 1.807) is 28.5 Å². The van der Waals surface area contributed by atoms with Crippen molar-refractivity contribution in [2.45, 2.75) is 44.8 Å². The van der Waals surface area contributed by atoms with E-state index >= 15 is 0 Å². The summed E-state index contributed by atoms with van der Waals surface area (Å²) in [6, 6.07) is 4.90. The van der Waals surface area contributed by atoms with Crippen LogP contribution in [0.25, 0.3) is 33.1 Å². The van der Waals surface area contributed by atoms with Crippen LogP contribution in [0.5, 0.6) is 0 Å². The highest BCUT2D eigenvalue weighted by atomic mass is 19.1. The highest BCUT2D eigenvalue weighted by Gasteiger charge is 2.32. The van der Waals surface area contributed by atoms with Crippen molar-refractivity contribution >= 4 is 33.6 Å². The molecule has 0 radical (unpaired) electrons. The summed E-state index contributed by atoms with van der Waals surface area (Å²) >= 11 is 0. The van der Waals surface area contributed by atoms with Crippen molar-refractivity contribution in [3.63, 3.8) is 0 Å². The number of carbonyl (C=O) groups is 1. The summed E-state index contributed by atoms with van der Waals surface area (Å²) in [4.78, 5) is 31.8. The molecule has 0 bridgehead atoms. The first-order chi connectivity index (χ1) is 16.7. The van der Waals surface area contributed by atoms with Crippen LogP contribution >= 0.6 is 0 Å². The van der Waals surface area contributed by atoms with Crippen LogP contribution in [-0.2, 0) is 11.3 Å². The number of benzene rings is 2. The van der Waals surface area contributed by atoms with Crippen LogP contribution in [0.2, 0.25) is 0 Å². The monoisotopic (exact) mass is 479 g/mol. The second-order valence-electron chi connectivity index (χ2n) is 9.33. The molecule has 3 heterocycles. The minimum atomic E-state index is -0.716. The number of oxazole rings is 1. The summed E-state index contributed by atoms with van der Waals surface area (Å²) in [5, 5.41) is 0.646. The van der Waals surface area contributed by atoms with Gasteiger partial charge in [-0.3, -0.25) is 9.59 Å². The van der Waals surface area contributed by atoms with Gasteiger partial charge in [-0.05, 0) is 49.4 Å². The molecule has 8 nitrogen and oxygen atoms in total. The third-order valence-electron chi connectivity index (χ3n) is 6.96. The second-order valence-corrected chi connectivity index (χ2v) is 9.33. The van der Waals surface area contributed by atoms with Gasteiger partial charge in [-0.25, -0.2) is 13.8 Å². The van der Waals surface area contributed by atoms with Gasteiger partial charge in [0.15, 0.2) is 11.1 Å². The summed E-state index contributed by atoms with van der Waals surface area (Å²) in [5.74, 6) is -1.29. The number of fused-ring (bicyclic) bond motifs is 3. The maximum atomic E-state index is 14.8. The van der Waals surface area contributed by atoms with E-state index in [0.717, 1.165) is 25.0 Å². The van der Waals surface area contributed by atoms with Crippen molar-refractivity contribution in [2.24, 2.45) is 5.73 Å². The summed E-state index contributed by atoms with van der Waals surface area (Å²) in [6.07, 6.45) is 2.22. The number of nitrogens with two attached hydrogens (primary N) is 2. The molecule has 10 heteroatoms. The average molecular weight is 479 g/mol. The Hall–Kier alpha value is -3.79.